The average molecular weight is 258 g/mol. The van der Waals surface area contributed by atoms with E-state index in [4.69, 9.17) is 0 Å². The summed E-state index contributed by atoms with van der Waals surface area (Å²) in [4.78, 5) is 23.2. The summed E-state index contributed by atoms with van der Waals surface area (Å²) in [5.74, 6) is 0.253. The predicted molar refractivity (Wildman–Crippen MR) is 74.9 cm³/mol. The second kappa shape index (κ2) is 6.18. The van der Waals surface area contributed by atoms with Gasteiger partial charge in [0.15, 0.2) is 0 Å². The lowest BCUT2D eigenvalue weighted by Crippen LogP contribution is -2.18. The largest absolute Gasteiger partial charge is 0.355 e. The summed E-state index contributed by atoms with van der Waals surface area (Å²) < 4.78 is 0. The van der Waals surface area contributed by atoms with Gasteiger partial charge in [0.05, 0.1) is 0 Å². The Morgan fingerprint density at radius 1 is 1.26 bits per heavy atom. The second-order valence-corrected chi connectivity index (χ2v) is 4.67. The van der Waals surface area contributed by atoms with E-state index in [0.29, 0.717) is 17.9 Å². The highest BCUT2D eigenvalue weighted by Crippen LogP contribution is 2.21. The van der Waals surface area contributed by atoms with Crippen LogP contribution in [0.2, 0.25) is 0 Å². The first-order valence-electron chi connectivity index (χ1n) is 6.47. The van der Waals surface area contributed by atoms with Crippen molar-refractivity contribution in [3.8, 4) is 0 Å². The molecule has 1 atom stereocenters. The molecule has 1 aromatic carbocycles. The molecule has 4 nitrogen and oxygen atoms in total. The van der Waals surface area contributed by atoms with Gasteiger partial charge in [-0.2, -0.15) is 0 Å². The quantitative estimate of drug-likeness (QED) is 0.814. The van der Waals surface area contributed by atoms with E-state index < -0.39 is 0 Å². The molecule has 0 aliphatic heterocycles. The Morgan fingerprint density at radius 2 is 2.00 bits per heavy atom. The van der Waals surface area contributed by atoms with Crippen molar-refractivity contribution in [1.29, 1.82) is 0 Å². The topological polar surface area (TPSA) is 58.2 Å². The number of carbonyl (C=O) groups is 2. The highest BCUT2D eigenvalue weighted by atomic mass is 16.2. The maximum absolute atomic E-state index is 11.8. The molecule has 0 fully saturated rings. The van der Waals surface area contributed by atoms with Gasteiger partial charge in [-0.05, 0) is 43.0 Å². The van der Waals surface area contributed by atoms with Crippen molar-refractivity contribution in [2.24, 2.45) is 5.92 Å². The number of rotatable bonds is 4. The predicted octanol–water partition coefficient (Wildman–Crippen LogP) is 2.34. The number of hydrogen-bond donors (Lipinski definition) is 2. The first-order chi connectivity index (χ1) is 9.19. The van der Waals surface area contributed by atoms with Gasteiger partial charge in [0.2, 0.25) is 5.91 Å². The third-order valence-corrected chi connectivity index (χ3v) is 3.22. The van der Waals surface area contributed by atoms with Crippen molar-refractivity contribution < 1.29 is 9.59 Å². The lowest BCUT2D eigenvalue weighted by molar-refractivity contribution is -0.116. The van der Waals surface area contributed by atoms with E-state index in [9.17, 15) is 9.59 Å². The zero-order chi connectivity index (χ0) is 13.7. The SMILES string of the molecule is CNC(=O)c1ccc(NC(=O)C[C@@H]2C=CCC2)cc1. The van der Waals surface area contributed by atoms with Gasteiger partial charge in [0, 0.05) is 24.7 Å². The van der Waals surface area contributed by atoms with Crippen molar-refractivity contribution >= 4 is 17.5 Å². The van der Waals surface area contributed by atoms with Gasteiger partial charge in [-0.25, -0.2) is 0 Å². The summed E-state index contributed by atoms with van der Waals surface area (Å²) in [6, 6.07) is 6.88. The van der Waals surface area contributed by atoms with Crippen LogP contribution in [0.4, 0.5) is 5.69 Å². The van der Waals surface area contributed by atoms with Crippen LogP contribution >= 0.6 is 0 Å². The molecule has 0 radical (unpaired) electrons. The zero-order valence-electron chi connectivity index (χ0n) is 11.0. The Morgan fingerprint density at radius 3 is 2.58 bits per heavy atom. The van der Waals surface area contributed by atoms with Crippen LogP contribution in [-0.4, -0.2) is 18.9 Å². The highest BCUT2D eigenvalue weighted by molar-refractivity contribution is 5.95. The van der Waals surface area contributed by atoms with E-state index >= 15 is 0 Å². The average Bonchev–Trinajstić information content (AvgIpc) is 2.91. The molecule has 0 bridgehead atoms. The second-order valence-electron chi connectivity index (χ2n) is 4.67. The standard InChI is InChI=1S/C15H18N2O2/c1-16-15(19)12-6-8-13(9-7-12)17-14(18)10-11-4-2-3-5-11/h2,4,6-9,11H,3,5,10H2,1H3,(H,16,19)(H,17,18)/t11-/m1/s1. The van der Waals surface area contributed by atoms with Gasteiger partial charge < -0.3 is 10.6 Å². The molecule has 4 heteroatoms. The minimum absolute atomic E-state index is 0.0178. The number of carbonyl (C=O) groups excluding carboxylic acids is 2. The van der Waals surface area contributed by atoms with Gasteiger partial charge >= 0.3 is 0 Å². The molecule has 2 amide bonds. The zero-order valence-corrected chi connectivity index (χ0v) is 11.0. The van der Waals surface area contributed by atoms with Gasteiger partial charge in [-0.3, -0.25) is 9.59 Å². The molecule has 0 heterocycles. The Kier molecular flexibility index (Phi) is 4.34. The Balaban J connectivity index is 1.90. The van der Waals surface area contributed by atoms with Crippen LogP contribution in [-0.2, 0) is 4.79 Å². The van der Waals surface area contributed by atoms with Crippen molar-refractivity contribution in [3.63, 3.8) is 0 Å². The lowest BCUT2D eigenvalue weighted by Gasteiger charge is -2.09. The molecule has 100 valence electrons. The molecule has 0 spiro atoms. The summed E-state index contributed by atoms with van der Waals surface area (Å²) in [7, 11) is 1.59. The maximum Gasteiger partial charge on any atom is 0.251 e. The van der Waals surface area contributed by atoms with Crippen LogP contribution in [0.1, 0.15) is 29.6 Å². The molecule has 0 saturated heterocycles. The minimum Gasteiger partial charge on any atom is -0.355 e. The number of benzene rings is 1. The molecule has 2 rings (SSSR count). The van der Waals surface area contributed by atoms with Crippen LogP contribution in [0.5, 0.6) is 0 Å². The van der Waals surface area contributed by atoms with E-state index in [2.05, 4.69) is 22.8 Å². The number of amides is 2. The summed E-state index contributed by atoms with van der Waals surface area (Å²) >= 11 is 0. The number of hydrogen-bond acceptors (Lipinski definition) is 2. The molecular weight excluding hydrogens is 240 g/mol. The first kappa shape index (κ1) is 13.3. The molecule has 1 aromatic rings. The maximum atomic E-state index is 11.8. The Labute approximate surface area is 112 Å². The van der Waals surface area contributed by atoms with Crippen molar-refractivity contribution in [3.05, 3.63) is 42.0 Å². The number of nitrogens with one attached hydrogen (secondary N) is 2. The summed E-state index contributed by atoms with van der Waals surface area (Å²) in [6.45, 7) is 0. The van der Waals surface area contributed by atoms with Gasteiger partial charge in [-0.1, -0.05) is 12.2 Å². The molecule has 1 aliphatic rings. The fourth-order valence-electron chi connectivity index (χ4n) is 2.16. The van der Waals surface area contributed by atoms with Gasteiger partial charge in [0.1, 0.15) is 0 Å². The van der Waals surface area contributed by atoms with Crippen LogP contribution in [0.15, 0.2) is 36.4 Å². The van der Waals surface area contributed by atoms with Gasteiger partial charge in [0.25, 0.3) is 5.91 Å². The Bertz CT molecular complexity index is 491. The fourth-order valence-corrected chi connectivity index (χ4v) is 2.16. The molecule has 2 N–H and O–H groups in total. The van der Waals surface area contributed by atoms with Crippen LogP contribution in [0.25, 0.3) is 0 Å². The number of allylic oxidation sites excluding steroid dienone is 2. The van der Waals surface area contributed by atoms with Crippen LogP contribution in [0.3, 0.4) is 0 Å². The fraction of sp³-hybridized carbons (Fsp3) is 0.333. The first-order valence-corrected chi connectivity index (χ1v) is 6.47. The van der Waals surface area contributed by atoms with E-state index in [1.807, 2.05) is 0 Å². The smallest absolute Gasteiger partial charge is 0.251 e. The normalized spacial score (nSPS) is 17.2. The lowest BCUT2D eigenvalue weighted by atomic mass is 10.0. The van der Waals surface area contributed by atoms with Crippen LogP contribution < -0.4 is 10.6 Å². The minimum atomic E-state index is -0.131. The van der Waals surface area contributed by atoms with E-state index in [-0.39, 0.29) is 11.8 Å². The van der Waals surface area contributed by atoms with Gasteiger partial charge in [-0.15, -0.1) is 0 Å². The van der Waals surface area contributed by atoms with Crippen LogP contribution in [0, 0.1) is 5.92 Å². The molecule has 0 unspecified atom stereocenters. The van der Waals surface area contributed by atoms with Crippen molar-refractivity contribution in [1.82, 2.24) is 5.32 Å². The highest BCUT2D eigenvalue weighted by Gasteiger charge is 2.14. The molecule has 0 saturated carbocycles. The Hall–Kier alpha value is -2.10. The summed E-state index contributed by atoms with van der Waals surface area (Å²) in [6.07, 6.45) is 6.87. The molecular formula is C15H18N2O2. The van der Waals surface area contributed by atoms with Crippen molar-refractivity contribution in [2.75, 3.05) is 12.4 Å². The number of anilines is 1. The molecule has 19 heavy (non-hydrogen) atoms. The molecule has 1 aliphatic carbocycles. The van der Waals surface area contributed by atoms with E-state index in [1.54, 1.807) is 31.3 Å². The monoisotopic (exact) mass is 258 g/mol. The summed E-state index contributed by atoms with van der Waals surface area (Å²) in [5, 5.41) is 5.40. The summed E-state index contributed by atoms with van der Waals surface area (Å²) in [5.41, 5.74) is 1.30. The third-order valence-electron chi connectivity index (χ3n) is 3.22. The van der Waals surface area contributed by atoms with E-state index in [0.717, 1.165) is 18.5 Å². The molecule has 0 aromatic heterocycles. The third kappa shape index (κ3) is 3.68. The van der Waals surface area contributed by atoms with Crippen molar-refractivity contribution in [2.45, 2.75) is 19.3 Å². The van der Waals surface area contributed by atoms with E-state index in [1.165, 1.54) is 0 Å².